The van der Waals surface area contributed by atoms with Crippen molar-refractivity contribution in [3.8, 4) is 0 Å². The summed E-state index contributed by atoms with van der Waals surface area (Å²) < 4.78 is 5.97. The van der Waals surface area contributed by atoms with Crippen LogP contribution in [0.3, 0.4) is 0 Å². The van der Waals surface area contributed by atoms with Gasteiger partial charge in [-0.3, -0.25) is 0 Å². The van der Waals surface area contributed by atoms with Crippen molar-refractivity contribution in [1.82, 2.24) is 5.32 Å². The molecule has 0 bridgehead atoms. The Kier molecular flexibility index (Phi) is 3.68. The Bertz CT molecular complexity index is 199. The second-order valence-electron chi connectivity index (χ2n) is 5.76. The van der Waals surface area contributed by atoms with Gasteiger partial charge in [0.05, 0.1) is 11.7 Å². The third-order valence-electron chi connectivity index (χ3n) is 3.52. The van der Waals surface area contributed by atoms with Gasteiger partial charge >= 0.3 is 0 Å². The molecule has 15 heavy (non-hydrogen) atoms. The summed E-state index contributed by atoms with van der Waals surface area (Å²) in [6.07, 6.45) is 9.74. The predicted octanol–water partition coefficient (Wildman–Crippen LogP) is 2.87. The molecule has 1 aliphatic carbocycles. The molecule has 1 N–H and O–H groups in total. The summed E-state index contributed by atoms with van der Waals surface area (Å²) >= 11 is 0. The minimum atomic E-state index is 0.150. The monoisotopic (exact) mass is 211 g/mol. The summed E-state index contributed by atoms with van der Waals surface area (Å²) in [7, 11) is 0. The molecule has 1 heterocycles. The quantitative estimate of drug-likeness (QED) is 0.682. The lowest BCUT2D eigenvalue weighted by molar-refractivity contribution is -0.0190. The molecule has 0 radical (unpaired) electrons. The Morgan fingerprint density at radius 3 is 2.60 bits per heavy atom. The van der Waals surface area contributed by atoms with E-state index in [1.807, 2.05) is 0 Å². The number of unbranched alkanes of at least 4 members (excludes halogenated alkanes) is 1. The molecule has 2 nitrogen and oxygen atoms in total. The summed E-state index contributed by atoms with van der Waals surface area (Å²) in [5.74, 6) is 0. The lowest BCUT2D eigenvalue weighted by Crippen LogP contribution is -2.20. The molecule has 1 aliphatic heterocycles. The number of nitrogens with one attached hydrogen (secondary N) is 1. The molecule has 1 unspecified atom stereocenters. The zero-order valence-electron chi connectivity index (χ0n) is 10.2. The van der Waals surface area contributed by atoms with E-state index in [1.165, 1.54) is 51.5 Å². The van der Waals surface area contributed by atoms with Crippen LogP contribution in [0.2, 0.25) is 0 Å². The lowest BCUT2D eigenvalue weighted by Gasteiger charge is -2.19. The van der Waals surface area contributed by atoms with Crippen LogP contribution in [0.4, 0.5) is 0 Å². The number of ether oxygens (including phenoxy) is 1. The largest absolute Gasteiger partial charge is 0.372 e. The molecule has 0 aromatic carbocycles. The SMILES string of the molecule is CC1(C)CCC(CCCCNC2CC2)O1. The van der Waals surface area contributed by atoms with E-state index in [-0.39, 0.29) is 5.60 Å². The summed E-state index contributed by atoms with van der Waals surface area (Å²) in [5.41, 5.74) is 0.150. The van der Waals surface area contributed by atoms with Gasteiger partial charge in [-0.05, 0) is 65.3 Å². The van der Waals surface area contributed by atoms with E-state index in [1.54, 1.807) is 0 Å². The molecule has 2 rings (SSSR count). The van der Waals surface area contributed by atoms with Crippen molar-refractivity contribution in [1.29, 1.82) is 0 Å². The molecule has 0 amide bonds. The highest BCUT2D eigenvalue weighted by atomic mass is 16.5. The molecule has 0 spiro atoms. The Hall–Kier alpha value is -0.0800. The van der Waals surface area contributed by atoms with Crippen LogP contribution in [0, 0.1) is 0 Å². The van der Waals surface area contributed by atoms with E-state index in [0.29, 0.717) is 6.10 Å². The minimum absolute atomic E-state index is 0.150. The van der Waals surface area contributed by atoms with Crippen LogP contribution in [-0.2, 0) is 4.74 Å². The van der Waals surface area contributed by atoms with Crippen LogP contribution in [0.1, 0.15) is 58.8 Å². The van der Waals surface area contributed by atoms with E-state index in [2.05, 4.69) is 19.2 Å². The van der Waals surface area contributed by atoms with Gasteiger partial charge < -0.3 is 10.1 Å². The number of hydrogen-bond donors (Lipinski definition) is 1. The summed E-state index contributed by atoms with van der Waals surface area (Å²) in [6.45, 7) is 5.63. The van der Waals surface area contributed by atoms with E-state index in [9.17, 15) is 0 Å². The molecule has 2 aliphatic rings. The minimum Gasteiger partial charge on any atom is -0.372 e. The van der Waals surface area contributed by atoms with Crippen molar-refractivity contribution in [2.75, 3.05) is 6.54 Å². The van der Waals surface area contributed by atoms with Crippen molar-refractivity contribution < 1.29 is 4.74 Å². The van der Waals surface area contributed by atoms with E-state index in [4.69, 9.17) is 4.74 Å². The van der Waals surface area contributed by atoms with Crippen molar-refractivity contribution in [3.05, 3.63) is 0 Å². The molecule has 88 valence electrons. The second-order valence-corrected chi connectivity index (χ2v) is 5.76. The Labute approximate surface area is 93.8 Å². The highest BCUT2D eigenvalue weighted by molar-refractivity contribution is 4.82. The van der Waals surface area contributed by atoms with Gasteiger partial charge in [0.1, 0.15) is 0 Å². The second kappa shape index (κ2) is 4.84. The molecular weight excluding hydrogens is 186 g/mol. The van der Waals surface area contributed by atoms with Crippen LogP contribution < -0.4 is 5.32 Å². The molecule has 2 heteroatoms. The van der Waals surface area contributed by atoms with Crippen LogP contribution >= 0.6 is 0 Å². The van der Waals surface area contributed by atoms with Gasteiger partial charge in [0, 0.05) is 6.04 Å². The molecule has 0 aromatic heterocycles. The van der Waals surface area contributed by atoms with Gasteiger partial charge in [-0.25, -0.2) is 0 Å². The van der Waals surface area contributed by atoms with Crippen LogP contribution in [0.15, 0.2) is 0 Å². The van der Waals surface area contributed by atoms with Crippen LogP contribution in [-0.4, -0.2) is 24.3 Å². The predicted molar refractivity (Wildman–Crippen MR) is 63.1 cm³/mol. The molecular formula is C13H25NO. The van der Waals surface area contributed by atoms with Crippen LogP contribution in [0.5, 0.6) is 0 Å². The summed E-state index contributed by atoms with van der Waals surface area (Å²) in [4.78, 5) is 0. The van der Waals surface area contributed by atoms with E-state index in [0.717, 1.165) is 6.04 Å². The van der Waals surface area contributed by atoms with Crippen molar-refractivity contribution >= 4 is 0 Å². The molecule has 0 aromatic rings. The highest BCUT2D eigenvalue weighted by Crippen LogP contribution is 2.31. The first-order chi connectivity index (χ1) is 7.16. The zero-order chi connectivity index (χ0) is 10.7. The van der Waals surface area contributed by atoms with Crippen LogP contribution in [0.25, 0.3) is 0 Å². The van der Waals surface area contributed by atoms with E-state index >= 15 is 0 Å². The third kappa shape index (κ3) is 4.12. The van der Waals surface area contributed by atoms with Gasteiger partial charge in [0.15, 0.2) is 0 Å². The van der Waals surface area contributed by atoms with Gasteiger partial charge in [-0.15, -0.1) is 0 Å². The average Bonchev–Trinajstić information content (AvgIpc) is 2.91. The third-order valence-corrected chi connectivity index (χ3v) is 3.52. The maximum absolute atomic E-state index is 5.97. The first kappa shape index (κ1) is 11.4. The highest BCUT2D eigenvalue weighted by Gasteiger charge is 2.30. The summed E-state index contributed by atoms with van der Waals surface area (Å²) in [6, 6.07) is 0.867. The first-order valence-corrected chi connectivity index (χ1v) is 6.57. The fraction of sp³-hybridized carbons (Fsp3) is 1.00. The number of rotatable bonds is 6. The summed E-state index contributed by atoms with van der Waals surface area (Å²) in [5, 5.41) is 3.56. The Balaban J connectivity index is 1.47. The van der Waals surface area contributed by atoms with E-state index < -0.39 is 0 Å². The first-order valence-electron chi connectivity index (χ1n) is 6.57. The fourth-order valence-corrected chi connectivity index (χ4v) is 2.37. The molecule has 1 saturated heterocycles. The van der Waals surface area contributed by atoms with Gasteiger partial charge in [-0.2, -0.15) is 0 Å². The van der Waals surface area contributed by atoms with Crippen molar-refractivity contribution in [3.63, 3.8) is 0 Å². The Morgan fingerprint density at radius 2 is 2.00 bits per heavy atom. The lowest BCUT2D eigenvalue weighted by atomic mass is 10.0. The Morgan fingerprint density at radius 1 is 1.20 bits per heavy atom. The molecule has 2 fully saturated rings. The average molecular weight is 211 g/mol. The zero-order valence-corrected chi connectivity index (χ0v) is 10.2. The molecule has 1 saturated carbocycles. The smallest absolute Gasteiger partial charge is 0.0631 e. The van der Waals surface area contributed by atoms with Gasteiger partial charge in [-0.1, -0.05) is 0 Å². The fourth-order valence-electron chi connectivity index (χ4n) is 2.37. The van der Waals surface area contributed by atoms with Crippen molar-refractivity contribution in [2.45, 2.75) is 76.5 Å². The normalized spacial score (nSPS) is 29.6. The standard InChI is InChI=1S/C13H25NO/c1-13(2)9-8-12(15-13)5-3-4-10-14-11-6-7-11/h11-12,14H,3-10H2,1-2H3. The number of hydrogen-bond acceptors (Lipinski definition) is 2. The van der Waals surface area contributed by atoms with Gasteiger partial charge in [0.2, 0.25) is 0 Å². The maximum atomic E-state index is 5.97. The maximum Gasteiger partial charge on any atom is 0.0631 e. The molecule has 1 atom stereocenters. The van der Waals surface area contributed by atoms with Gasteiger partial charge in [0.25, 0.3) is 0 Å². The van der Waals surface area contributed by atoms with Crippen molar-refractivity contribution in [2.24, 2.45) is 0 Å². The topological polar surface area (TPSA) is 21.3 Å².